The summed E-state index contributed by atoms with van der Waals surface area (Å²) in [6.45, 7) is 14.0. The van der Waals surface area contributed by atoms with Crippen LogP contribution in [0.1, 0.15) is 106 Å². The second kappa shape index (κ2) is 7.20. The molecular weight excluding hydrogens is 424 g/mol. The van der Waals surface area contributed by atoms with E-state index in [-0.39, 0.29) is 33.7 Å². The highest BCUT2D eigenvalue weighted by Gasteiger charge is 2.69. The Morgan fingerprint density at radius 1 is 0.941 bits per heavy atom. The van der Waals surface area contributed by atoms with Crippen LogP contribution in [-0.2, 0) is 9.59 Å². The molecule has 5 aliphatic carbocycles. The highest BCUT2D eigenvalue weighted by atomic mass is 16.4. The quantitative estimate of drug-likeness (QED) is 0.361. The number of hydrogen-bond acceptors (Lipinski definition) is 3. The Bertz CT molecular complexity index is 936. The van der Waals surface area contributed by atoms with E-state index in [9.17, 15) is 19.8 Å². The minimum atomic E-state index is -0.713. The SMILES string of the molecule is CC1(C)[C@H]2CC[C@]3(C)[C@H](CC=C4[C@@H]5C[C@](C)(C=O)CC[C@]5(C(=O)O)CC[C@]43C)[C@@]2(C)CC[C@@H]1O. The molecule has 4 fully saturated rings. The lowest BCUT2D eigenvalue weighted by Gasteiger charge is -2.71. The third-order valence-electron chi connectivity index (χ3n) is 13.1. The molecule has 4 saturated carbocycles. The van der Waals surface area contributed by atoms with E-state index in [1.165, 1.54) is 5.57 Å². The van der Waals surface area contributed by atoms with Crippen LogP contribution in [0.2, 0.25) is 0 Å². The molecule has 0 aromatic carbocycles. The first kappa shape index (κ1) is 24.5. The van der Waals surface area contributed by atoms with E-state index >= 15 is 0 Å². The first-order valence-electron chi connectivity index (χ1n) is 13.8. The second-order valence-electron chi connectivity index (χ2n) is 14.7. The fourth-order valence-electron chi connectivity index (χ4n) is 10.6. The molecule has 0 unspecified atom stereocenters. The maximum Gasteiger partial charge on any atom is 0.310 e. The molecule has 5 aliphatic rings. The average molecular weight is 471 g/mol. The smallest absolute Gasteiger partial charge is 0.310 e. The Kier molecular flexibility index (Phi) is 5.20. The maximum absolute atomic E-state index is 12.8. The number of aliphatic hydroxyl groups excluding tert-OH is 1. The Balaban J connectivity index is 1.60. The number of aldehydes is 1. The van der Waals surface area contributed by atoms with E-state index < -0.39 is 16.8 Å². The molecule has 0 aromatic heterocycles. The van der Waals surface area contributed by atoms with Crippen LogP contribution in [0.5, 0.6) is 0 Å². The fraction of sp³-hybridized carbons (Fsp3) is 0.867. The van der Waals surface area contributed by atoms with Gasteiger partial charge in [0, 0.05) is 5.41 Å². The highest BCUT2D eigenvalue weighted by Crippen LogP contribution is 2.75. The van der Waals surface area contributed by atoms with Crippen molar-refractivity contribution in [2.24, 2.45) is 50.2 Å². The van der Waals surface area contributed by atoms with Gasteiger partial charge >= 0.3 is 5.97 Å². The second-order valence-corrected chi connectivity index (χ2v) is 14.7. The molecule has 0 heterocycles. The van der Waals surface area contributed by atoms with Crippen LogP contribution in [0.4, 0.5) is 0 Å². The van der Waals surface area contributed by atoms with Crippen LogP contribution >= 0.6 is 0 Å². The van der Waals surface area contributed by atoms with Gasteiger partial charge in [-0.25, -0.2) is 0 Å². The van der Waals surface area contributed by atoms with Gasteiger partial charge in [-0.05, 0) is 104 Å². The average Bonchev–Trinajstić information content (AvgIpc) is 2.77. The van der Waals surface area contributed by atoms with Gasteiger partial charge < -0.3 is 15.0 Å². The van der Waals surface area contributed by atoms with Gasteiger partial charge in [0.15, 0.2) is 0 Å². The molecule has 2 N–H and O–H groups in total. The first-order valence-corrected chi connectivity index (χ1v) is 13.8. The van der Waals surface area contributed by atoms with Gasteiger partial charge in [-0.2, -0.15) is 0 Å². The van der Waals surface area contributed by atoms with E-state index in [4.69, 9.17) is 0 Å². The van der Waals surface area contributed by atoms with Crippen LogP contribution in [0.15, 0.2) is 11.6 Å². The molecule has 4 heteroatoms. The number of rotatable bonds is 2. The molecule has 0 aliphatic heterocycles. The maximum atomic E-state index is 12.8. The van der Waals surface area contributed by atoms with Gasteiger partial charge in [-0.1, -0.05) is 53.2 Å². The summed E-state index contributed by atoms with van der Waals surface area (Å²) in [4.78, 5) is 24.8. The highest BCUT2D eigenvalue weighted by molar-refractivity contribution is 5.77. The molecule has 34 heavy (non-hydrogen) atoms. The van der Waals surface area contributed by atoms with E-state index in [2.05, 4.69) is 40.7 Å². The van der Waals surface area contributed by atoms with Crippen molar-refractivity contribution in [3.63, 3.8) is 0 Å². The Morgan fingerprint density at radius 3 is 2.26 bits per heavy atom. The van der Waals surface area contributed by atoms with Crippen molar-refractivity contribution in [3.05, 3.63) is 11.6 Å². The number of aliphatic hydroxyl groups is 1. The zero-order valence-corrected chi connectivity index (χ0v) is 22.2. The van der Waals surface area contributed by atoms with Gasteiger partial charge in [-0.3, -0.25) is 4.79 Å². The van der Waals surface area contributed by atoms with Gasteiger partial charge in [0.25, 0.3) is 0 Å². The molecule has 0 aromatic rings. The summed E-state index contributed by atoms with van der Waals surface area (Å²) < 4.78 is 0. The summed E-state index contributed by atoms with van der Waals surface area (Å²) in [5, 5.41) is 21.4. The van der Waals surface area contributed by atoms with Crippen molar-refractivity contribution in [3.8, 4) is 0 Å². The Labute approximate surface area is 206 Å². The zero-order valence-electron chi connectivity index (χ0n) is 22.2. The summed E-state index contributed by atoms with van der Waals surface area (Å²) >= 11 is 0. The lowest BCUT2D eigenvalue weighted by Crippen LogP contribution is -2.65. The summed E-state index contributed by atoms with van der Waals surface area (Å²) in [6.07, 6.45) is 12.2. The molecule has 5 rings (SSSR count). The standard InChI is InChI=1S/C30H46O4/c1-25(2)21-9-12-29(6)22(27(21,4)11-10-23(25)32)8-7-19-20-17-26(3,18-31)13-15-30(20,24(33)34)16-14-28(19,29)5/h7,18,20-23,32H,8-17H2,1-6H3,(H,33,34)/t20-,21+,22+,23-,26+,27-,28+,29+,30-/m0/s1. The number of aliphatic carboxylic acids is 1. The molecule has 4 nitrogen and oxygen atoms in total. The van der Waals surface area contributed by atoms with Gasteiger partial charge in [-0.15, -0.1) is 0 Å². The van der Waals surface area contributed by atoms with E-state index in [0.29, 0.717) is 31.1 Å². The molecule has 0 amide bonds. The molecule has 0 radical (unpaired) electrons. The van der Waals surface area contributed by atoms with Crippen LogP contribution in [-0.4, -0.2) is 28.6 Å². The van der Waals surface area contributed by atoms with Crippen molar-refractivity contribution in [2.45, 2.75) is 112 Å². The predicted molar refractivity (Wildman–Crippen MR) is 133 cm³/mol. The van der Waals surface area contributed by atoms with Gasteiger partial charge in [0.2, 0.25) is 0 Å². The number of allylic oxidation sites excluding steroid dienone is 2. The van der Waals surface area contributed by atoms with Crippen molar-refractivity contribution >= 4 is 12.3 Å². The Morgan fingerprint density at radius 2 is 1.62 bits per heavy atom. The van der Waals surface area contributed by atoms with Crippen LogP contribution in [0.3, 0.4) is 0 Å². The van der Waals surface area contributed by atoms with Crippen LogP contribution in [0, 0.1) is 50.2 Å². The molecular formula is C30H46O4. The van der Waals surface area contributed by atoms with Crippen molar-refractivity contribution in [2.75, 3.05) is 0 Å². The monoisotopic (exact) mass is 470 g/mol. The summed E-state index contributed by atoms with van der Waals surface area (Å²) in [6, 6.07) is 0. The summed E-state index contributed by atoms with van der Waals surface area (Å²) in [5.74, 6) is 0.354. The van der Waals surface area contributed by atoms with Crippen LogP contribution < -0.4 is 0 Å². The number of carboxylic acid groups (broad SMARTS) is 1. The van der Waals surface area contributed by atoms with Crippen molar-refractivity contribution in [1.82, 2.24) is 0 Å². The molecule has 0 saturated heterocycles. The van der Waals surface area contributed by atoms with Gasteiger partial charge in [0.05, 0.1) is 11.5 Å². The van der Waals surface area contributed by atoms with E-state index in [1.807, 2.05) is 6.92 Å². The lowest BCUT2D eigenvalue weighted by atomic mass is 9.33. The van der Waals surface area contributed by atoms with Crippen molar-refractivity contribution in [1.29, 1.82) is 0 Å². The third kappa shape index (κ3) is 2.81. The summed E-state index contributed by atoms with van der Waals surface area (Å²) in [7, 11) is 0. The fourth-order valence-corrected chi connectivity index (χ4v) is 10.6. The number of carbonyl (C=O) groups excluding carboxylic acids is 1. The minimum absolute atomic E-state index is 0.0329. The molecule has 9 atom stereocenters. The third-order valence-corrected chi connectivity index (χ3v) is 13.1. The molecule has 0 spiro atoms. The van der Waals surface area contributed by atoms with E-state index in [0.717, 1.165) is 51.2 Å². The first-order chi connectivity index (χ1) is 15.7. The van der Waals surface area contributed by atoms with Gasteiger partial charge in [0.1, 0.15) is 6.29 Å². The predicted octanol–water partition coefficient (Wildman–Crippen LogP) is 6.41. The summed E-state index contributed by atoms with van der Waals surface area (Å²) in [5.41, 5.74) is 0.424. The zero-order chi connectivity index (χ0) is 24.9. The number of carbonyl (C=O) groups is 2. The number of carboxylic acids is 1. The Hall–Kier alpha value is -1.16. The topological polar surface area (TPSA) is 74.6 Å². The number of fused-ring (bicyclic) bond motifs is 7. The lowest BCUT2D eigenvalue weighted by molar-refractivity contribution is -0.205. The largest absolute Gasteiger partial charge is 0.481 e. The number of hydrogen-bond donors (Lipinski definition) is 2. The molecule has 190 valence electrons. The molecule has 0 bridgehead atoms. The van der Waals surface area contributed by atoms with Crippen molar-refractivity contribution < 1.29 is 19.8 Å². The minimum Gasteiger partial charge on any atom is -0.481 e. The van der Waals surface area contributed by atoms with Crippen LogP contribution in [0.25, 0.3) is 0 Å². The normalized spacial score (nSPS) is 53.9. The van der Waals surface area contributed by atoms with E-state index in [1.54, 1.807) is 0 Å².